The van der Waals surface area contributed by atoms with E-state index < -0.39 is 99.4 Å². The Hall–Kier alpha value is -2.48. The molecule has 0 unspecified atom stereocenters. The van der Waals surface area contributed by atoms with Crippen molar-refractivity contribution in [3.8, 4) is 0 Å². The van der Waals surface area contributed by atoms with Crippen molar-refractivity contribution in [2.75, 3.05) is 0 Å². The molecule has 4 N–H and O–H groups in total. The monoisotopic (exact) mass is 732 g/mol. The number of aliphatic hydroxyl groups excluding tert-OH is 2. The van der Waals surface area contributed by atoms with E-state index in [9.17, 15) is 39.6 Å². The molecule has 1 heterocycles. The number of fused-ring (bicyclic) bond motifs is 5. The standard InChI is InChI=1S/C40H60O12/c1-20-16-26(50-21(2)41)31(51-22(3)42)34(49-20)52-27-18-37(8)28-13-12-23-24(17-25(43)33(46)36(23,6)7)39(28,10)30(45)19-38(37,9)32(27)40(11,48)29(44)14-15-35(4,5)47/h12,14-15,20,24-28,31-34,43,46-48H,13,16-19H2,1-11H3/t20-,24+,25-,26-,27+,28-,31-,32-,33-,34-,37-,38+,39-,40-/m0/s1. The zero-order valence-electron chi connectivity index (χ0n) is 32.6. The van der Waals surface area contributed by atoms with E-state index in [1.807, 2.05) is 27.7 Å². The van der Waals surface area contributed by atoms with Gasteiger partial charge in [0.15, 0.2) is 18.2 Å². The van der Waals surface area contributed by atoms with Gasteiger partial charge < -0.3 is 39.4 Å². The molecule has 0 aromatic heterocycles. The number of hydrogen-bond acceptors (Lipinski definition) is 12. The normalized spacial score (nSPS) is 44.1. The van der Waals surface area contributed by atoms with E-state index in [0.717, 1.165) is 11.6 Å². The lowest BCUT2D eigenvalue weighted by Crippen LogP contribution is -2.65. The van der Waals surface area contributed by atoms with Crippen molar-refractivity contribution in [2.24, 2.45) is 39.4 Å². The second-order valence-corrected chi connectivity index (χ2v) is 18.3. The first-order valence-electron chi connectivity index (χ1n) is 18.7. The molecule has 0 bridgehead atoms. The summed E-state index contributed by atoms with van der Waals surface area (Å²) < 4.78 is 24.3. The summed E-state index contributed by atoms with van der Waals surface area (Å²) in [5.74, 6) is -3.59. The average Bonchev–Trinajstić information content (AvgIpc) is 3.22. The Morgan fingerprint density at radius 2 is 1.56 bits per heavy atom. The van der Waals surface area contributed by atoms with E-state index in [1.165, 1.54) is 40.7 Å². The molecule has 0 spiro atoms. The van der Waals surface area contributed by atoms with Gasteiger partial charge >= 0.3 is 11.9 Å². The van der Waals surface area contributed by atoms with E-state index in [4.69, 9.17) is 18.9 Å². The quantitative estimate of drug-likeness (QED) is 0.161. The highest BCUT2D eigenvalue weighted by atomic mass is 16.7. The topological polar surface area (TPSA) is 186 Å². The van der Waals surface area contributed by atoms with Gasteiger partial charge in [-0.1, -0.05) is 52.3 Å². The summed E-state index contributed by atoms with van der Waals surface area (Å²) >= 11 is 0. The molecule has 1 aliphatic heterocycles. The molecule has 4 fully saturated rings. The molecule has 52 heavy (non-hydrogen) atoms. The van der Waals surface area contributed by atoms with Gasteiger partial charge in [0.25, 0.3) is 0 Å². The highest BCUT2D eigenvalue weighted by molar-refractivity contribution is 5.97. The van der Waals surface area contributed by atoms with Gasteiger partial charge in [0.1, 0.15) is 17.5 Å². The third kappa shape index (κ3) is 6.53. The Balaban J connectivity index is 1.64. The van der Waals surface area contributed by atoms with Crippen molar-refractivity contribution in [1.82, 2.24) is 0 Å². The maximum atomic E-state index is 14.9. The molecule has 12 heteroatoms. The third-order valence-corrected chi connectivity index (χ3v) is 13.8. The lowest BCUT2D eigenvalue weighted by atomic mass is 9.38. The maximum Gasteiger partial charge on any atom is 0.303 e. The van der Waals surface area contributed by atoms with Gasteiger partial charge in [-0.05, 0) is 75.7 Å². The van der Waals surface area contributed by atoms with E-state index in [1.54, 1.807) is 6.92 Å². The first-order valence-corrected chi connectivity index (χ1v) is 18.7. The minimum absolute atomic E-state index is 0.00606. The second-order valence-electron chi connectivity index (χ2n) is 18.3. The number of aliphatic hydroxyl groups is 4. The van der Waals surface area contributed by atoms with Crippen LogP contribution in [0.15, 0.2) is 23.8 Å². The lowest BCUT2D eigenvalue weighted by molar-refractivity contribution is -0.292. The first kappa shape index (κ1) is 40.7. The third-order valence-electron chi connectivity index (χ3n) is 13.8. The van der Waals surface area contributed by atoms with Gasteiger partial charge in [0.05, 0.1) is 30.0 Å². The number of hydrogen-bond donors (Lipinski definition) is 4. The smallest absolute Gasteiger partial charge is 0.303 e. The van der Waals surface area contributed by atoms with Crippen molar-refractivity contribution in [2.45, 2.75) is 162 Å². The van der Waals surface area contributed by atoms with Crippen molar-refractivity contribution in [3.05, 3.63) is 23.8 Å². The fraction of sp³-hybridized carbons (Fsp3) is 0.800. The summed E-state index contributed by atoms with van der Waals surface area (Å²) in [4.78, 5) is 53.4. The lowest BCUT2D eigenvalue weighted by Gasteiger charge is -2.65. The zero-order valence-corrected chi connectivity index (χ0v) is 32.6. The second kappa shape index (κ2) is 13.4. The van der Waals surface area contributed by atoms with Gasteiger partial charge in [0.2, 0.25) is 0 Å². The van der Waals surface area contributed by atoms with Crippen LogP contribution in [-0.4, -0.2) is 98.0 Å². The van der Waals surface area contributed by atoms with Crippen LogP contribution in [0.2, 0.25) is 0 Å². The van der Waals surface area contributed by atoms with Crippen LogP contribution in [0.25, 0.3) is 0 Å². The summed E-state index contributed by atoms with van der Waals surface area (Å²) in [6.07, 6.45) is -0.889. The molecular formula is C40H60O12. The Morgan fingerprint density at radius 3 is 2.13 bits per heavy atom. The Labute approximate surface area is 307 Å². The van der Waals surface area contributed by atoms with Crippen LogP contribution >= 0.6 is 0 Å². The number of esters is 2. The number of carbonyl (C=O) groups is 4. The number of Topliss-reactive ketones (excluding diaryl/α,β-unsaturated/α-hetero) is 1. The molecule has 14 atom stereocenters. The van der Waals surface area contributed by atoms with Crippen molar-refractivity contribution in [3.63, 3.8) is 0 Å². The minimum atomic E-state index is -2.11. The molecule has 0 amide bonds. The van der Waals surface area contributed by atoms with E-state index in [0.29, 0.717) is 6.42 Å². The van der Waals surface area contributed by atoms with Gasteiger partial charge in [-0.25, -0.2) is 0 Å². The van der Waals surface area contributed by atoms with Crippen LogP contribution < -0.4 is 0 Å². The first-order chi connectivity index (χ1) is 23.7. The Kier molecular flexibility index (Phi) is 10.5. The molecule has 0 aromatic carbocycles. The van der Waals surface area contributed by atoms with Crippen LogP contribution in [0.4, 0.5) is 0 Å². The molecule has 0 radical (unpaired) electrons. The molecule has 1 saturated heterocycles. The Bertz CT molecular complexity index is 1520. The fourth-order valence-electron chi connectivity index (χ4n) is 11.2. The largest absolute Gasteiger partial charge is 0.458 e. The zero-order chi connectivity index (χ0) is 39.1. The van der Waals surface area contributed by atoms with Gasteiger partial charge in [0, 0.05) is 43.4 Å². The van der Waals surface area contributed by atoms with Crippen molar-refractivity contribution >= 4 is 23.5 Å². The summed E-state index contributed by atoms with van der Waals surface area (Å²) in [7, 11) is 0. The molecule has 5 rings (SSSR count). The van der Waals surface area contributed by atoms with Gasteiger partial charge in [-0.3, -0.25) is 19.2 Å². The summed E-state index contributed by atoms with van der Waals surface area (Å²) in [6.45, 7) is 18.5. The highest BCUT2D eigenvalue weighted by Gasteiger charge is 2.75. The van der Waals surface area contributed by atoms with Gasteiger partial charge in [-0.2, -0.15) is 0 Å². The number of ketones is 2. The maximum absolute atomic E-state index is 14.9. The van der Waals surface area contributed by atoms with E-state index in [-0.39, 0.29) is 43.3 Å². The van der Waals surface area contributed by atoms with Gasteiger partial charge in [-0.15, -0.1) is 0 Å². The van der Waals surface area contributed by atoms with Crippen LogP contribution in [0.3, 0.4) is 0 Å². The number of carbonyl (C=O) groups excluding carboxylic acids is 4. The van der Waals surface area contributed by atoms with Crippen LogP contribution in [0.1, 0.15) is 108 Å². The predicted molar refractivity (Wildman–Crippen MR) is 188 cm³/mol. The molecule has 12 nitrogen and oxygen atoms in total. The van der Waals surface area contributed by atoms with Crippen LogP contribution in [0.5, 0.6) is 0 Å². The molecule has 3 saturated carbocycles. The number of ether oxygens (including phenoxy) is 4. The average molecular weight is 733 g/mol. The summed E-state index contributed by atoms with van der Waals surface area (Å²) in [5, 5.41) is 44.9. The molecule has 292 valence electrons. The summed E-state index contributed by atoms with van der Waals surface area (Å²) in [5.41, 5.74) is -5.96. The van der Waals surface area contributed by atoms with Crippen LogP contribution in [-0.2, 0) is 38.1 Å². The van der Waals surface area contributed by atoms with Crippen molar-refractivity contribution in [1.29, 1.82) is 0 Å². The number of allylic oxidation sites excluding steroid dienone is 1. The van der Waals surface area contributed by atoms with Crippen LogP contribution in [0, 0.1) is 39.4 Å². The SMILES string of the molecule is CC(=O)O[C@@H]1[C@H](O[C@@H]2C[C@@]3(C)[C@@H]4CC=C5[C@@H](C[C@H](O)[C@H](O)C5(C)C)[C@]4(C)C(=O)C[C@]3(C)[C@H]2[C@@](C)(O)C(=O)C=CC(C)(C)O)O[C@@H](C)C[C@@H]1OC(C)=O. The summed E-state index contributed by atoms with van der Waals surface area (Å²) in [6, 6.07) is 0. The molecule has 0 aromatic rings. The highest BCUT2D eigenvalue weighted by Crippen LogP contribution is 2.74. The molecule has 5 aliphatic rings. The molecular weight excluding hydrogens is 672 g/mol. The fourth-order valence-corrected chi connectivity index (χ4v) is 11.2. The predicted octanol–water partition coefficient (Wildman–Crippen LogP) is 3.74. The molecule has 4 aliphatic carbocycles. The Morgan fingerprint density at radius 1 is 0.942 bits per heavy atom. The minimum Gasteiger partial charge on any atom is -0.458 e. The van der Waals surface area contributed by atoms with E-state index >= 15 is 0 Å². The van der Waals surface area contributed by atoms with Crippen molar-refractivity contribution < 1.29 is 58.6 Å². The van der Waals surface area contributed by atoms with E-state index in [2.05, 4.69) is 13.0 Å². The number of rotatable bonds is 8.